The third-order valence-electron chi connectivity index (χ3n) is 2.31. The van der Waals surface area contributed by atoms with Crippen LogP contribution < -0.4 is 0 Å². The lowest BCUT2D eigenvalue weighted by atomic mass is 10.2. The van der Waals surface area contributed by atoms with Gasteiger partial charge in [0.15, 0.2) is 6.29 Å². The van der Waals surface area contributed by atoms with E-state index in [-0.39, 0.29) is 6.29 Å². The third kappa shape index (κ3) is 5.54. The molecule has 0 aliphatic rings. The molecule has 18 heavy (non-hydrogen) atoms. The zero-order valence-electron chi connectivity index (χ0n) is 10.9. The van der Waals surface area contributed by atoms with Crippen LogP contribution in [0.15, 0.2) is 24.3 Å². The molecular formula is C14H19NO2S. The number of rotatable bonds is 8. The predicted octanol–water partition coefficient (Wildman–Crippen LogP) is 3.19. The van der Waals surface area contributed by atoms with E-state index in [1.807, 2.05) is 38.1 Å². The van der Waals surface area contributed by atoms with Crippen molar-refractivity contribution in [2.24, 2.45) is 0 Å². The van der Waals surface area contributed by atoms with Gasteiger partial charge in [-0.15, -0.1) is 0 Å². The maximum absolute atomic E-state index is 8.71. The number of hydrogen-bond acceptors (Lipinski definition) is 4. The summed E-state index contributed by atoms with van der Waals surface area (Å²) in [4.78, 5) is 0. The summed E-state index contributed by atoms with van der Waals surface area (Å²) in [6, 6.07) is 9.78. The van der Waals surface area contributed by atoms with E-state index in [1.165, 1.54) is 5.56 Å². The number of benzene rings is 1. The molecule has 0 heterocycles. The zero-order valence-corrected chi connectivity index (χ0v) is 11.7. The molecule has 0 atom stereocenters. The number of ether oxygens (including phenoxy) is 2. The Balaban J connectivity index is 2.33. The highest BCUT2D eigenvalue weighted by Crippen LogP contribution is 2.15. The van der Waals surface area contributed by atoms with E-state index in [0.717, 1.165) is 11.5 Å². The fourth-order valence-corrected chi connectivity index (χ4v) is 2.40. The van der Waals surface area contributed by atoms with Gasteiger partial charge in [-0.3, -0.25) is 0 Å². The first-order valence-corrected chi connectivity index (χ1v) is 7.25. The highest BCUT2D eigenvalue weighted by Gasteiger charge is 2.07. The van der Waals surface area contributed by atoms with Gasteiger partial charge in [0.2, 0.25) is 0 Å². The van der Waals surface area contributed by atoms with Crippen molar-refractivity contribution in [3.05, 3.63) is 35.4 Å². The molecule has 0 radical (unpaired) electrons. The minimum atomic E-state index is -0.122. The van der Waals surface area contributed by atoms with Crippen molar-refractivity contribution in [1.82, 2.24) is 0 Å². The normalized spacial score (nSPS) is 10.6. The summed E-state index contributed by atoms with van der Waals surface area (Å²) >= 11 is 1.77. The van der Waals surface area contributed by atoms with Gasteiger partial charge in [0.25, 0.3) is 0 Å². The van der Waals surface area contributed by atoms with Crippen LogP contribution >= 0.6 is 11.8 Å². The van der Waals surface area contributed by atoms with Crippen molar-refractivity contribution in [3.63, 3.8) is 0 Å². The summed E-state index contributed by atoms with van der Waals surface area (Å²) in [5.74, 6) is 1.73. The zero-order chi connectivity index (χ0) is 13.2. The first-order chi connectivity index (χ1) is 8.80. The average molecular weight is 265 g/mol. The quantitative estimate of drug-likeness (QED) is 0.677. The van der Waals surface area contributed by atoms with Crippen LogP contribution in [0.3, 0.4) is 0 Å². The fourth-order valence-electron chi connectivity index (χ4n) is 1.46. The smallest absolute Gasteiger partial charge is 0.166 e. The summed E-state index contributed by atoms with van der Waals surface area (Å²) in [5.41, 5.74) is 1.91. The Bertz CT molecular complexity index is 366. The average Bonchev–Trinajstić information content (AvgIpc) is 2.40. The second-order valence-corrected chi connectivity index (χ2v) is 4.69. The highest BCUT2D eigenvalue weighted by molar-refractivity contribution is 7.98. The van der Waals surface area contributed by atoms with Gasteiger partial charge >= 0.3 is 0 Å². The molecular weight excluding hydrogens is 246 g/mol. The van der Waals surface area contributed by atoms with Crippen molar-refractivity contribution in [3.8, 4) is 6.07 Å². The van der Waals surface area contributed by atoms with Gasteiger partial charge in [-0.25, -0.2) is 0 Å². The summed E-state index contributed by atoms with van der Waals surface area (Å²) in [6.07, 6.45) is -0.122. The molecule has 0 saturated carbocycles. The van der Waals surface area contributed by atoms with Crippen LogP contribution in [0, 0.1) is 11.3 Å². The molecule has 0 unspecified atom stereocenters. The lowest BCUT2D eigenvalue weighted by Crippen LogP contribution is -2.20. The van der Waals surface area contributed by atoms with Crippen molar-refractivity contribution < 1.29 is 9.47 Å². The van der Waals surface area contributed by atoms with Crippen molar-refractivity contribution in [2.45, 2.75) is 25.9 Å². The standard InChI is InChI=1S/C14H19NO2S/c1-3-16-14(17-4-2)11-18-10-13-7-5-12(9-15)6-8-13/h5-8,14H,3-4,10-11H2,1-2H3. The second-order valence-electron chi connectivity index (χ2n) is 3.66. The van der Waals surface area contributed by atoms with Crippen molar-refractivity contribution in [2.75, 3.05) is 19.0 Å². The Morgan fingerprint density at radius 3 is 2.28 bits per heavy atom. The molecule has 0 N–H and O–H groups in total. The van der Waals surface area contributed by atoms with E-state index in [1.54, 1.807) is 11.8 Å². The molecule has 0 saturated heterocycles. The molecule has 0 aliphatic heterocycles. The molecule has 0 bridgehead atoms. The second kappa shape index (κ2) is 8.98. The van der Waals surface area contributed by atoms with Crippen LogP contribution in [0.25, 0.3) is 0 Å². The van der Waals surface area contributed by atoms with Crippen molar-refractivity contribution >= 4 is 11.8 Å². The fraction of sp³-hybridized carbons (Fsp3) is 0.500. The molecule has 0 spiro atoms. The minimum Gasteiger partial charge on any atom is -0.352 e. The summed E-state index contributed by atoms with van der Waals surface area (Å²) in [7, 11) is 0. The molecule has 98 valence electrons. The number of nitriles is 1. The lowest BCUT2D eigenvalue weighted by Gasteiger charge is -2.16. The molecule has 4 heteroatoms. The molecule has 0 amide bonds. The Morgan fingerprint density at radius 2 is 1.78 bits per heavy atom. The molecule has 1 rings (SSSR count). The van der Waals surface area contributed by atoms with E-state index < -0.39 is 0 Å². The Kier molecular flexibility index (Phi) is 7.51. The first-order valence-electron chi connectivity index (χ1n) is 6.10. The minimum absolute atomic E-state index is 0.122. The van der Waals surface area contributed by atoms with Gasteiger partial charge in [-0.05, 0) is 31.5 Å². The van der Waals surface area contributed by atoms with Crippen molar-refractivity contribution in [1.29, 1.82) is 5.26 Å². The van der Waals surface area contributed by atoms with Gasteiger partial charge in [-0.2, -0.15) is 17.0 Å². The van der Waals surface area contributed by atoms with Crippen LogP contribution in [0.1, 0.15) is 25.0 Å². The van der Waals surface area contributed by atoms with Gasteiger partial charge in [0.1, 0.15) is 0 Å². The molecule has 0 aromatic heterocycles. The van der Waals surface area contributed by atoms with Crippen LogP contribution in [0.5, 0.6) is 0 Å². The summed E-state index contributed by atoms with van der Waals surface area (Å²) in [5, 5.41) is 8.71. The van der Waals surface area contributed by atoms with Gasteiger partial charge in [0.05, 0.1) is 11.6 Å². The Labute approximate surface area is 113 Å². The monoisotopic (exact) mass is 265 g/mol. The number of thioether (sulfide) groups is 1. The molecule has 3 nitrogen and oxygen atoms in total. The van der Waals surface area contributed by atoms with E-state index in [0.29, 0.717) is 18.8 Å². The number of nitrogens with zero attached hydrogens (tertiary/aromatic N) is 1. The van der Waals surface area contributed by atoms with Gasteiger partial charge in [0, 0.05) is 24.7 Å². The Hall–Kier alpha value is -1.02. The highest BCUT2D eigenvalue weighted by atomic mass is 32.2. The van der Waals surface area contributed by atoms with Crippen LogP contribution in [-0.2, 0) is 15.2 Å². The molecule has 0 aliphatic carbocycles. The maximum Gasteiger partial charge on any atom is 0.166 e. The van der Waals surface area contributed by atoms with E-state index in [9.17, 15) is 0 Å². The lowest BCUT2D eigenvalue weighted by molar-refractivity contribution is -0.120. The predicted molar refractivity (Wildman–Crippen MR) is 74.4 cm³/mol. The molecule has 1 aromatic carbocycles. The molecule has 1 aromatic rings. The van der Waals surface area contributed by atoms with Crippen LogP contribution in [-0.4, -0.2) is 25.3 Å². The molecule has 0 fully saturated rings. The van der Waals surface area contributed by atoms with Gasteiger partial charge in [-0.1, -0.05) is 12.1 Å². The summed E-state index contributed by atoms with van der Waals surface area (Å²) < 4.78 is 10.9. The SMILES string of the molecule is CCOC(CSCc1ccc(C#N)cc1)OCC. The number of hydrogen-bond donors (Lipinski definition) is 0. The van der Waals surface area contributed by atoms with Gasteiger partial charge < -0.3 is 9.47 Å². The Morgan fingerprint density at radius 1 is 1.17 bits per heavy atom. The topological polar surface area (TPSA) is 42.2 Å². The summed E-state index contributed by atoms with van der Waals surface area (Å²) in [6.45, 7) is 5.28. The van der Waals surface area contributed by atoms with Crippen LogP contribution in [0.4, 0.5) is 0 Å². The van der Waals surface area contributed by atoms with E-state index in [2.05, 4.69) is 6.07 Å². The third-order valence-corrected chi connectivity index (χ3v) is 3.36. The van der Waals surface area contributed by atoms with Crippen LogP contribution in [0.2, 0.25) is 0 Å². The first kappa shape index (κ1) is 15.0. The maximum atomic E-state index is 8.71. The van der Waals surface area contributed by atoms with E-state index >= 15 is 0 Å². The largest absolute Gasteiger partial charge is 0.352 e. The van der Waals surface area contributed by atoms with E-state index in [4.69, 9.17) is 14.7 Å².